The predicted octanol–water partition coefficient (Wildman–Crippen LogP) is 20.9. The van der Waals surface area contributed by atoms with Crippen molar-refractivity contribution in [1.82, 2.24) is 0 Å². The molecule has 0 saturated carbocycles. The van der Waals surface area contributed by atoms with Gasteiger partial charge in [-0.1, -0.05) is 256 Å². The Morgan fingerprint density at radius 3 is 0.677 bits per heavy atom. The Kier molecular flexibility index (Phi) is 59.5. The SMILES string of the molecule is CCCCCCCCCC/C=C/CCCOC(=O)c1ccc(S(=O)(=O)[O-])cc1C(=O)OCCC/C=C/CCCCCCCCCC.CCCCCCCCCC/C=C/CCCOC(=O)c1ccc(S(=O)(=O)[O-])cc1C(=O)OCCC/C=C/CCCCCCCCCC.[Ca+2]. The van der Waals surface area contributed by atoms with Crippen molar-refractivity contribution in [3.05, 3.63) is 107 Å². The summed E-state index contributed by atoms with van der Waals surface area (Å²) in [6.07, 6.45) is 67.9. The summed E-state index contributed by atoms with van der Waals surface area (Å²) in [6, 6.07) is 6.11. The molecule has 524 valence electrons. The molecule has 0 radical (unpaired) electrons. The average molecular weight is 1360 g/mol. The van der Waals surface area contributed by atoms with Crippen molar-refractivity contribution < 1.29 is 64.1 Å². The third-order valence-corrected chi connectivity index (χ3v) is 17.7. The molecule has 0 unspecified atom stereocenters. The van der Waals surface area contributed by atoms with Crippen LogP contribution in [0.25, 0.3) is 0 Å². The van der Waals surface area contributed by atoms with Gasteiger partial charge in [0.2, 0.25) is 0 Å². The monoisotopic (exact) mass is 1360 g/mol. The fourth-order valence-corrected chi connectivity index (χ4v) is 11.3. The molecule has 0 heterocycles. The number of esters is 4. The van der Waals surface area contributed by atoms with Gasteiger partial charge in [0.05, 0.1) is 58.5 Å². The number of unbranched alkanes of at least 4 members (excludes halogenated alkanes) is 36. The minimum Gasteiger partial charge on any atom is -0.744 e. The summed E-state index contributed by atoms with van der Waals surface area (Å²) in [5.74, 6) is -3.23. The summed E-state index contributed by atoms with van der Waals surface area (Å²) in [5, 5.41) is 0. The quantitative estimate of drug-likeness (QED) is 0.0150. The van der Waals surface area contributed by atoms with Crippen molar-refractivity contribution >= 4 is 81.9 Å². The van der Waals surface area contributed by atoms with E-state index in [1.54, 1.807) is 0 Å². The molecule has 0 N–H and O–H groups in total. The molecule has 0 aliphatic carbocycles. The second kappa shape index (κ2) is 61.9. The molecule has 0 aromatic heterocycles. The van der Waals surface area contributed by atoms with E-state index in [2.05, 4.69) is 76.3 Å². The van der Waals surface area contributed by atoms with Crippen LogP contribution in [0.5, 0.6) is 0 Å². The number of carbonyl (C=O) groups excluding carboxylic acids is 4. The summed E-state index contributed by atoms with van der Waals surface area (Å²) in [4.78, 5) is 50.0. The van der Waals surface area contributed by atoms with Crippen LogP contribution in [0, 0.1) is 0 Å². The predicted molar refractivity (Wildman–Crippen MR) is 378 cm³/mol. The molecule has 17 heteroatoms. The van der Waals surface area contributed by atoms with E-state index in [9.17, 15) is 45.1 Å². The molecular formula is C76H122CaO14S2. The van der Waals surface area contributed by atoms with E-state index >= 15 is 0 Å². The Morgan fingerprint density at radius 1 is 0.290 bits per heavy atom. The van der Waals surface area contributed by atoms with Gasteiger partial charge in [-0.05, 0) is 139 Å². The van der Waals surface area contributed by atoms with Gasteiger partial charge in [-0.15, -0.1) is 0 Å². The van der Waals surface area contributed by atoms with E-state index in [0.29, 0.717) is 25.7 Å². The summed E-state index contributed by atoms with van der Waals surface area (Å²) in [6.45, 7) is 9.45. The average Bonchev–Trinajstić information content (AvgIpc) is 0.860. The molecule has 2 aromatic rings. The van der Waals surface area contributed by atoms with Gasteiger partial charge in [0, 0.05) is 0 Å². The van der Waals surface area contributed by atoms with Crippen LogP contribution >= 0.6 is 0 Å². The van der Waals surface area contributed by atoms with E-state index in [0.717, 1.165) is 87.8 Å². The van der Waals surface area contributed by atoms with Crippen LogP contribution in [-0.2, 0) is 39.2 Å². The summed E-state index contributed by atoms with van der Waals surface area (Å²) < 4.78 is 90.8. The number of rotatable bonds is 58. The molecule has 93 heavy (non-hydrogen) atoms. The van der Waals surface area contributed by atoms with Crippen LogP contribution in [0.4, 0.5) is 0 Å². The molecular weight excluding hydrogens is 1240 g/mol. The fraction of sp³-hybridized carbons (Fsp3) is 0.684. The van der Waals surface area contributed by atoms with Crippen LogP contribution in [0.15, 0.2) is 94.8 Å². The van der Waals surface area contributed by atoms with Gasteiger partial charge in [0.15, 0.2) is 0 Å². The Bertz CT molecular complexity index is 2400. The van der Waals surface area contributed by atoms with Crippen LogP contribution in [-0.4, -0.2) is 114 Å². The molecule has 0 amide bonds. The molecule has 0 aliphatic heterocycles. The number of benzene rings is 2. The third-order valence-electron chi connectivity index (χ3n) is 16.0. The normalized spacial score (nSPS) is 11.8. The van der Waals surface area contributed by atoms with Gasteiger partial charge in [-0.25, -0.2) is 36.0 Å². The van der Waals surface area contributed by atoms with Crippen LogP contribution < -0.4 is 0 Å². The molecule has 0 saturated heterocycles. The van der Waals surface area contributed by atoms with Gasteiger partial charge in [0.1, 0.15) is 20.2 Å². The number of carbonyl (C=O) groups is 4. The molecule has 2 aromatic carbocycles. The van der Waals surface area contributed by atoms with E-state index in [4.69, 9.17) is 18.9 Å². The first-order valence-corrected chi connectivity index (χ1v) is 38.9. The smallest absolute Gasteiger partial charge is 0.744 e. The maximum Gasteiger partial charge on any atom is 2.00 e. The number of hydrogen-bond donors (Lipinski definition) is 0. The van der Waals surface area contributed by atoms with Crippen LogP contribution in [0.2, 0.25) is 0 Å². The van der Waals surface area contributed by atoms with Crippen LogP contribution in [0.3, 0.4) is 0 Å². The van der Waals surface area contributed by atoms with E-state index in [1.807, 2.05) is 0 Å². The Labute approximate surface area is 595 Å². The summed E-state index contributed by atoms with van der Waals surface area (Å²) in [5.41, 5.74) is -0.796. The minimum atomic E-state index is -4.82. The summed E-state index contributed by atoms with van der Waals surface area (Å²) in [7, 11) is -9.64. The van der Waals surface area contributed by atoms with Crippen molar-refractivity contribution in [2.24, 2.45) is 0 Å². The first-order chi connectivity index (χ1) is 44.6. The number of hydrogen-bond acceptors (Lipinski definition) is 14. The maximum atomic E-state index is 12.8. The molecule has 2 rings (SSSR count). The minimum absolute atomic E-state index is 0. The zero-order chi connectivity index (χ0) is 67.4. The van der Waals surface area contributed by atoms with Crippen molar-refractivity contribution in [2.75, 3.05) is 26.4 Å². The largest absolute Gasteiger partial charge is 2.00 e. The van der Waals surface area contributed by atoms with Crippen molar-refractivity contribution in [3.63, 3.8) is 0 Å². The molecule has 14 nitrogen and oxygen atoms in total. The first-order valence-electron chi connectivity index (χ1n) is 36.1. The van der Waals surface area contributed by atoms with Crippen molar-refractivity contribution in [3.8, 4) is 0 Å². The van der Waals surface area contributed by atoms with Crippen molar-refractivity contribution in [1.29, 1.82) is 0 Å². The first kappa shape index (κ1) is 89.4. The van der Waals surface area contributed by atoms with E-state index < -0.39 is 53.9 Å². The van der Waals surface area contributed by atoms with Gasteiger partial charge >= 0.3 is 61.6 Å². The van der Waals surface area contributed by atoms with Gasteiger partial charge < -0.3 is 28.1 Å². The third kappa shape index (κ3) is 50.4. The molecule has 0 aliphatic rings. The summed E-state index contributed by atoms with van der Waals surface area (Å²) >= 11 is 0. The van der Waals surface area contributed by atoms with Crippen molar-refractivity contribution in [2.45, 2.75) is 320 Å². The molecule has 0 atom stereocenters. The maximum absolute atomic E-state index is 12.8. The van der Waals surface area contributed by atoms with Gasteiger partial charge in [-0.2, -0.15) is 0 Å². The Balaban J connectivity index is 0.00000180. The topological polar surface area (TPSA) is 220 Å². The Hall–Kier alpha value is -3.64. The second-order valence-electron chi connectivity index (χ2n) is 24.4. The van der Waals surface area contributed by atoms with E-state index in [1.165, 1.54) is 205 Å². The zero-order valence-electron chi connectivity index (χ0n) is 58.3. The number of ether oxygens (including phenoxy) is 4. The fourth-order valence-electron chi connectivity index (χ4n) is 10.4. The molecule has 0 spiro atoms. The second-order valence-corrected chi connectivity index (χ2v) is 27.1. The zero-order valence-corrected chi connectivity index (χ0v) is 62.1. The van der Waals surface area contributed by atoms with Gasteiger partial charge in [0.25, 0.3) is 0 Å². The molecule has 0 bridgehead atoms. The van der Waals surface area contributed by atoms with Gasteiger partial charge in [-0.3, -0.25) is 0 Å². The number of allylic oxidation sites excluding steroid dienone is 8. The van der Waals surface area contributed by atoms with E-state index in [-0.39, 0.29) is 86.4 Å². The Morgan fingerprint density at radius 2 is 0.473 bits per heavy atom. The van der Waals surface area contributed by atoms with Crippen LogP contribution in [0.1, 0.15) is 352 Å². The molecule has 0 fully saturated rings. The standard InChI is InChI=1S/2C38H62O7S.Ca/c2*1-3-5-7-9-11-13-15-17-19-21-23-25-27-31-44-37(39)35-30-29-34(46(41,42)43)33-36(35)38(40)45-32-28-26-24-22-20-18-16-14-12-10-8-6-4-2;/h2*21-24,29-30,33H,3-20,25-28,31-32H2,1-2H3,(H,41,42,43);/q;;+2/p-2/b2*23-21+,24-22+;.